The minimum Gasteiger partial charge on any atom is -0.303 e. The van der Waals surface area contributed by atoms with Gasteiger partial charge in [-0.05, 0) is 38.1 Å². The highest BCUT2D eigenvalue weighted by molar-refractivity contribution is 5.83. The van der Waals surface area contributed by atoms with Crippen molar-refractivity contribution in [1.29, 1.82) is 0 Å². The second kappa shape index (κ2) is 4.43. The van der Waals surface area contributed by atoms with Crippen molar-refractivity contribution in [2.24, 2.45) is 11.8 Å². The van der Waals surface area contributed by atoms with Gasteiger partial charge in [-0.3, -0.25) is 4.79 Å². The fourth-order valence-electron chi connectivity index (χ4n) is 2.39. The van der Waals surface area contributed by atoms with E-state index in [-0.39, 0.29) is 0 Å². The zero-order chi connectivity index (χ0) is 9.97. The average molecular weight is 195 g/mol. The molecule has 0 aromatic heterocycles. The molecule has 2 aliphatic rings. The first-order valence-electron chi connectivity index (χ1n) is 6.04. The summed E-state index contributed by atoms with van der Waals surface area (Å²) in [4.78, 5) is 14.0. The van der Waals surface area contributed by atoms with E-state index in [1.165, 1.54) is 19.4 Å². The smallest absolute Gasteiger partial charge is 0.137 e. The third-order valence-electron chi connectivity index (χ3n) is 3.57. The maximum atomic E-state index is 11.5. The third kappa shape index (κ3) is 2.57. The Bertz CT molecular complexity index is 210. The molecule has 80 valence electrons. The van der Waals surface area contributed by atoms with Crippen LogP contribution >= 0.6 is 0 Å². The molecule has 14 heavy (non-hydrogen) atoms. The van der Waals surface area contributed by atoms with E-state index in [0.29, 0.717) is 11.7 Å². The topological polar surface area (TPSA) is 20.3 Å². The van der Waals surface area contributed by atoms with Gasteiger partial charge in [0.25, 0.3) is 0 Å². The first kappa shape index (κ1) is 10.2. The van der Waals surface area contributed by atoms with Crippen molar-refractivity contribution in [2.75, 3.05) is 19.6 Å². The molecule has 1 unspecified atom stereocenters. The number of nitrogens with zero attached hydrogens (tertiary/aromatic N) is 1. The molecule has 0 aliphatic heterocycles. The molecule has 1 atom stereocenters. The Labute approximate surface area is 86.7 Å². The number of carbonyl (C=O) groups excluding carboxylic acids is 1. The van der Waals surface area contributed by atoms with Crippen LogP contribution in [0.25, 0.3) is 0 Å². The van der Waals surface area contributed by atoms with E-state index in [2.05, 4.69) is 11.8 Å². The van der Waals surface area contributed by atoms with Crippen molar-refractivity contribution in [3.63, 3.8) is 0 Å². The van der Waals surface area contributed by atoms with Gasteiger partial charge in [-0.1, -0.05) is 6.92 Å². The van der Waals surface area contributed by atoms with E-state index < -0.39 is 0 Å². The number of ketones is 1. The van der Waals surface area contributed by atoms with Crippen LogP contribution in [-0.2, 0) is 4.79 Å². The van der Waals surface area contributed by atoms with Crippen LogP contribution in [0, 0.1) is 11.8 Å². The summed E-state index contributed by atoms with van der Waals surface area (Å²) in [6.07, 6.45) is 5.93. The highest BCUT2D eigenvalue weighted by atomic mass is 16.1. The molecule has 0 saturated heterocycles. The summed E-state index contributed by atoms with van der Waals surface area (Å²) in [5, 5.41) is 0. The number of carbonyl (C=O) groups is 1. The minimum atomic E-state index is 0.369. The summed E-state index contributed by atoms with van der Waals surface area (Å²) >= 11 is 0. The summed E-state index contributed by atoms with van der Waals surface area (Å²) in [6, 6.07) is 0. The Balaban J connectivity index is 1.77. The molecule has 0 heterocycles. The average Bonchev–Trinajstić information content (AvgIpc) is 2.90. The molecule has 0 radical (unpaired) electrons. The maximum Gasteiger partial charge on any atom is 0.137 e. The van der Waals surface area contributed by atoms with Crippen molar-refractivity contribution >= 4 is 5.78 Å². The van der Waals surface area contributed by atoms with Gasteiger partial charge in [0.2, 0.25) is 0 Å². The molecular formula is C12H21NO. The molecule has 2 aliphatic carbocycles. The van der Waals surface area contributed by atoms with Gasteiger partial charge in [0.15, 0.2) is 0 Å². The van der Waals surface area contributed by atoms with Crippen molar-refractivity contribution in [2.45, 2.75) is 39.0 Å². The van der Waals surface area contributed by atoms with Gasteiger partial charge in [-0.2, -0.15) is 0 Å². The van der Waals surface area contributed by atoms with Gasteiger partial charge in [-0.25, -0.2) is 0 Å². The number of Topliss-reactive ketones (excluding diaryl/α,β-unsaturated/α-hetero) is 1. The molecule has 0 aromatic carbocycles. The lowest BCUT2D eigenvalue weighted by atomic mass is 10.1. The number of hydrogen-bond acceptors (Lipinski definition) is 2. The minimum absolute atomic E-state index is 0.369. The molecule has 2 rings (SSSR count). The first-order valence-corrected chi connectivity index (χ1v) is 6.04. The molecule has 0 N–H and O–H groups in total. The van der Waals surface area contributed by atoms with Crippen LogP contribution < -0.4 is 0 Å². The molecule has 0 spiro atoms. The van der Waals surface area contributed by atoms with E-state index in [1.54, 1.807) is 0 Å². The molecule has 2 nitrogen and oxygen atoms in total. The van der Waals surface area contributed by atoms with Crippen LogP contribution in [0.5, 0.6) is 0 Å². The number of hydrogen-bond donors (Lipinski definition) is 0. The maximum absolute atomic E-state index is 11.5. The zero-order valence-electron chi connectivity index (χ0n) is 9.17. The normalized spacial score (nSPS) is 27.6. The Morgan fingerprint density at radius 2 is 2.07 bits per heavy atom. The molecule has 2 heteroatoms. The van der Waals surface area contributed by atoms with E-state index >= 15 is 0 Å². The fourth-order valence-corrected chi connectivity index (χ4v) is 2.39. The highest BCUT2D eigenvalue weighted by Gasteiger charge is 2.29. The summed E-state index contributed by atoms with van der Waals surface area (Å²) in [6.45, 7) is 5.59. The molecule has 2 fully saturated rings. The lowest BCUT2D eigenvalue weighted by Crippen LogP contribution is -2.32. The summed E-state index contributed by atoms with van der Waals surface area (Å²) in [5.41, 5.74) is 0. The highest BCUT2D eigenvalue weighted by Crippen LogP contribution is 2.30. The van der Waals surface area contributed by atoms with Crippen molar-refractivity contribution in [3.8, 4) is 0 Å². The number of rotatable bonds is 5. The summed E-state index contributed by atoms with van der Waals surface area (Å²) < 4.78 is 0. The van der Waals surface area contributed by atoms with Crippen molar-refractivity contribution in [1.82, 2.24) is 4.90 Å². The van der Waals surface area contributed by atoms with Crippen LogP contribution in [0.4, 0.5) is 0 Å². The van der Waals surface area contributed by atoms with Crippen LogP contribution in [0.15, 0.2) is 0 Å². The zero-order valence-corrected chi connectivity index (χ0v) is 9.17. The molecular weight excluding hydrogens is 174 g/mol. The van der Waals surface area contributed by atoms with Gasteiger partial charge in [0.1, 0.15) is 5.78 Å². The van der Waals surface area contributed by atoms with Gasteiger partial charge in [0, 0.05) is 25.4 Å². The van der Waals surface area contributed by atoms with Gasteiger partial charge < -0.3 is 4.90 Å². The van der Waals surface area contributed by atoms with E-state index in [0.717, 1.165) is 38.3 Å². The predicted molar refractivity (Wildman–Crippen MR) is 57.2 cm³/mol. The van der Waals surface area contributed by atoms with E-state index in [4.69, 9.17) is 0 Å². The van der Waals surface area contributed by atoms with Gasteiger partial charge in [-0.15, -0.1) is 0 Å². The van der Waals surface area contributed by atoms with Gasteiger partial charge in [0.05, 0.1) is 0 Å². The van der Waals surface area contributed by atoms with Crippen molar-refractivity contribution < 1.29 is 4.79 Å². The van der Waals surface area contributed by atoms with Crippen LogP contribution in [0.3, 0.4) is 0 Å². The third-order valence-corrected chi connectivity index (χ3v) is 3.57. The summed E-state index contributed by atoms with van der Waals surface area (Å²) in [5.74, 6) is 1.83. The Kier molecular flexibility index (Phi) is 3.22. The van der Waals surface area contributed by atoms with Gasteiger partial charge >= 0.3 is 0 Å². The molecule has 0 amide bonds. The van der Waals surface area contributed by atoms with E-state index in [9.17, 15) is 4.79 Å². The summed E-state index contributed by atoms with van der Waals surface area (Å²) in [7, 11) is 0. The monoisotopic (exact) mass is 195 g/mol. The lowest BCUT2D eigenvalue weighted by Gasteiger charge is -2.23. The van der Waals surface area contributed by atoms with Crippen LogP contribution in [0.1, 0.15) is 39.0 Å². The second-order valence-corrected chi connectivity index (χ2v) is 4.85. The Morgan fingerprint density at radius 3 is 2.57 bits per heavy atom. The predicted octanol–water partition coefficient (Wildman–Crippen LogP) is 2.09. The largest absolute Gasteiger partial charge is 0.303 e. The standard InChI is InChI=1S/C12H21NO/c1-2-13(8-10-6-7-10)9-11-4-3-5-12(11)14/h10-11H,2-9H2,1H3. The molecule has 0 bridgehead atoms. The van der Waals surface area contributed by atoms with Crippen LogP contribution in [-0.4, -0.2) is 30.3 Å². The molecule has 2 saturated carbocycles. The Morgan fingerprint density at radius 1 is 1.29 bits per heavy atom. The van der Waals surface area contributed by atoms with Crippen molar-refractivity contribution in [3.05, 3.63) is 0 Å². The first-order chi connectivity index (χ1) is 6.79. The lowest BCUT2D eigenvalue weighted by molar-refractivity contribution is -0.121. The SMILES string of the molecule is CCN(CC1CC1)CC1CCCC1=O. The quantitative estimate of drug-likeness (QED) is 0.669. The second-order valence-electron chi connectivity index (χ2n) is 4.85. The van der Waals surface area contributed by atoms with E-state index in [1.807, 2.05) is 0 Å². The Hall–Kier alpha value is -0.370. The molecule has 0 aromatic rings. The fraction of sp³-hybridized carbons (Fsp3) is 0.917. The van der Waals surface area contributed by atoms with Crippen LogP contribution in [0.2, 0.25) is 0 Å².